The van der Waals surface area contributed by atoms with Gasteiger partial charge in [0.25, 0.3) is 0 Å². The van der Waals surface area contributed by atoms with Crippen LogP contribution in [-0.2, 0) is 27.4 Å². The van der Waals surface area contributed by atoms with Crippen molar-refractivity contribution in [1.29, 1.82) is 0 Å². The lowest BCUT2D eigenvalue weighted by Gasteiger charge is -2.60. The number of para-hydroxylation sites is 1. The standard InChI is InChI=1S/C30H36ClN3O7/c1-17-9-11-29-14-22(35)25(37)30(29,40)28(17,3)23(41-24(36)15-31)13-21(18(29)2)19-10-12-32-26(38)34(27(39)33(32)16-19)20-7-5-4-6-8-20/h4-8,10,17-18,21-23,35,40H,9,11-16H2,1-3H3/t17-,18?,21-,22+,23?,28+,29+,30-/m1/s1. The average molecular weight is 586 g/mol. The second kappa shape index (κ2) is 9.54. The van der Waals surface area contributed by atoms with E-state index >= 15 is 0 Å². The van der Waals surface area contributed by atoms with Crippen LogP contribution in [0.25, 0.3) is 5.69 Å². The van der Waals surface area contributed by atoms with E-state index in [1.165, 1.54) is 9.36 Å². The van der Waals surface area contributed by atoms with E-state index in [0.29, 0.717) is 24.9 Å². The molecule has 0 saturated heterocycles. The van der Waals surface area contributed by atoms with Crippen LogP contribution in [0, 0.1) is 28.6 Å². The molecule has 41 heavy (non-hydrogen) atoms. The number of esters is 1. The Morgan fingerprint density at radius 3 is 2.49 bits per heavy atom. The molecular formula is C30H36ClN3O7. The van der Waals surface area contributed by atoms with E-state index in [4.69, 9.17) is 16.3 Å². The molecule has 1 aromatic heterocycles. The second-order valence-electron chi connectivity index (χ2n) is 12.6. The van der Waals surface area contributed by atoms with Gasteiger partial charge in [-0.2, -0.15) is 0 Å². The molecule has 1 aliphatic heterocycles. The molecule has 0 spiro atoms. The van der Waals surface area contributed by atoms with Crippen LogP contribution in [0.1, 0.15) is 46.5 Å². The van der Waals surface area contributed by atoms with E-state index < -0.39 is 51.8 Å². The predicted molar refractivity (Wildman–Crippen MR) is 150 cm³/mol. The summed E-state index contributed by atoms with van der Waals surface area (Å²) >= 11 is 5.85. The molecule has 4 aliphatic rings. The summed E-state index contributed by atoms with van der Waals surface area (Å²) in [6, 6.07) is 8.75. The molecule has 10 nitrogen and oxygen atoms in total. The van der Waals surface area contributed by atoms with Crippen molar-refractivity contribution in [1.82, 2.24) is 13.9 Å². The number of aliphatic hydroxyl groups excluding tert-OH is 1. The van der Waals surface area contributed by atoms with Gasteiger partial charge < -0.3 is 14.9 Å². The number of Topliss-reactive ketones (excluding diaryl/α,β-unsaturated/α-hetero) is 1. The van der Waals surface area contributed by atoms with Crippen LogP contribution in [-0.4, -0.2) is 59.6 Å². The molecular weight excluding hydrogens is 550 g/mol. The first kappa shape index (κ1) is 28.2. The largest absolute Gasteiger partial charge is 0.461 e. The minimum Gasteiger partial charge on any atom is -0.461 e. The maximum Gasteiger partial charge on any atom is 0.352 e. The highest BCUT2D eigenvalue weighted by Gasteiger charge is 2.78. The van der Waals surface area contributed by atoms with Crippen molar-refractivity contribution in [2.75, 3.05) is 5.88 Å². The van der Waals surface area contributed by atoms with E-state index in [0.717, 1.165) is 10.1 Å². The Labute approximate surface area is 242 Å². The Morgan fingerprint density at radius 2 is 1.80 bits per heavy atom. The Balaban J connectivity index is 1.47. The molecule has 2 aromatic rings. The van der Waals surface area contributed by atoms with Crippen molar-refractivity contribution in [3.8, 4) is 5.69 Å². The fourth-order valence-corrected chi connectivity index (χ4v) is 8.90. The number of ether oxygens (including phenoxy) is 1. The molecule has 11 heteroatoms. The lowest BCUT2D eigenvalue weighted by Crippen LogP contribution is -2.69. The number of benzene rings is 1. The summed E-state index contributed by atoms with van der Waals surface area (Å²) < 4.78 is 9.94. The van der Waals surface area contributed by atoms with Gasteiger partial charge in [-0.05, 0) is 61.1 Å². The van der Waals surface area contributed by atoms with Gasteiger partial charge in [-0.25, -0.2) is 23.5 Å². The minimum absolute atomic E-state index is 0.112. The van der Waals surface area contributed by atoms with Gasteiger partial charge in [-0.1, -0.05) is 45.0 Å². The van der Waals surface area contributed by atoms with Crippen molar-refractivity contribution in [2.24, 2.45) is 28.6 Å². The second-order valence-corrected chi connectivity index (χ2v) is 12.8. The third-order valence-electron chi connectivity index (χ3n) is 11.2. The summed E-state index contributed by atoms with van der Waals surface area (Å²) in [4.78, 5) is 53.1. The monoisotopic (exact) mass is 585 g/mol. The summed E-state index contributed by atoms with van der Waals surface area (Å²) in [5, 5.41) is 23.5. The highest BCUT2D eigenvalue weighted by atomic mass is 35.5. The van der Waals surface area contributed by atoms with E-state index in [1.807, 2.05) is 26.0 Å². The van der Waals surface area contributed by atoms with Crippen molar-refractivity contribution < 1.29 is 24.5 Å². The lowest BCUT2D eigenvalue weighted by molar-refractivity contribution is -0.234. The number of alkyl halides is 1. The van der Waals surface area contributed by atoms with Gasteiger partial charge in [0, 0.05) is 10.8 Å². The molecule has 0 amide bonds. The number of aromatic nitrogens is 3. The van der Waals surface area contributed by atoms with E-state index in [1.54, 1.807) is 31.2 Å². The molecule has 220 valence electrons. The van der Waals surface area contributed by atoms with Crippen LogP contribution >= 0.6 is 11.6 Å². The number of hydrogen-bond acceptors (Lipinski definition) is 7. The topological polar surface area (TPSA) is 133 Å². The molecule has 0 radical (unpaired) electrons. The summed E-state index contributed by atoms with van der Waals surface area (Å²) in [5.74, 6) is -2.45. The number of hydrogen-bond donors (Lipinski definition) is 2. The molecule has 2 N–H and O–H groups in total. The van der Waals surface area contributed by atoms with E-state index in [-0.39, 0.29) is 43.1 Å². The number of halogens is 1. The van der Waals surface area contributed by atoms with Crippen molar-refractivity contribution in [3.63, 3.8) is 0 Å². The molecule has 2 unspecified atom stereocenters. The van der Waals surface area contributed by atoms with Gasteiger partial charge in [0.1, 0.15) is 23.7 Å². The summed E-state index contributed by atoms with van der Waals surface area (Å²) in [6.45, 7) is 6.06. The van der Waals surface area contributed by atoms with Gasteiger partial charge in [0.15, 0.2) is 5.78 Å². The van der Waals surface area contributed by atoms with Gasteiger partial charge >= 0.3 is 17.3 Å². The summed E-state index contributed by atoms with van der Waals surface area (Å²) in [7, 11) is 0. The molecule has 2 bridgehead atoms. The van der Waals surface area contributed by atoms with Crippen molar-refractivity contribution in [2.45, 2.75) is 77.4 Å². The first-order chi connectivity index (χ1) is 19.4. The van der Waals surface area contributed by atoms with Crippen LogP contribution < -0.4 is 11.4 Å². The number of aliphatic hydroxyl groups is 2. The fourth-order valence-electron chi connectivity index (χ4n) is 8.84. The number of carbonyl (C=O) groups excluding carboxylic acids is 2. The Kier molecular flexibility index (Phi) is 6.56. The quantitative estimate of drug-likeness (QED) is 0.319. The molecule has 2 heterocycles. The number of nitrogens with zero attached hydrogens (tertiary/aromatic N) is 3. The zero-order chi connectivity index (χ0) is 29.5. The zero-order valence-corrected chi connectivity index (χ0v) is 24.2. The molecule has 3 saturated carbocycles. The first-order valence-electron chi connectivity index (χ1n) is 14.3. The van der Waals surface area contributed by atoms with Crippen LogP contribution in [0.5, 0.6) is 0 Å². The lowest BCUT2D eigenvalue weighted by atomic mass is 9.46. The maximum absolute atomic E-state index is 13.7. The number of rotatable bonds is 4. The summed E-state index contributed by atoms with van der Waals surface area (Å²) in [5.41, 5.74) is -3.61. The molecule has 8 atom stereocenters. The van der Waals surface area contributed by atoms with Crippen LogP contribution in [0.2, 0.25) is 0 Å². The van der Waals surface area contributed by atoms with Gasteiger partial charge in [-0.15, -0.1) is 11.6 Å². The Hall–Kier alpha value is -2.95. The van der Waals surface area contributed by atoms with E-state index in [9.17, 15) is 29.4 Å². The predicted octanol–water partition coefficient (Wildman–Crippen LogP) is 2.03. The van der Waals surface area contributed by atoms with Crippen molar-refractivity contribution in [3.05, 3.63) is 62.9 Å². The van der Waals surface area contributed by atoms with Crippen molar-refractivity contribution >= 4 is 23.4 Å². The average Bonchev–Trinajstić information content (AvgIpc) is 3.34. The normalized spacial score (nSPS) is 38.0. The Morgan fingerprint density at radius 1 is 1.12 bits per heavy atom. The number of ketones is 1. The molecule has 1 aromatic carbocycles. The van der Waals surface area contributed by atoms with E-state index in [2.05, 4.69) is 0 Å². The highest BCUT2D eigenvalue weighted by Crippen LogP contribution is 2.70. The third kappa shape index (κ3) is 3.56. The number of allylic oxidation sites excluding steroid dienone is 2. The SMILES string of the molecule is CC1[C@H](C2=CCn3c(=O)n(-c4ccccc4)c(=O)n3C2)CC(OC(=O)CCl)[C@]2(C)[C@H](C)CC[C@]13C[C@H](O)C(=O)[C@]32O. The fraction of sp³-hybridized carbons (Fsp3) is 0.600. The minimum atomic E-state index is -1.92. The molecule has 3 fully saturated rings. The summed E-state index contributed by atoms with van der Waals surface area (Å²) in [6.07, 6.45) is 1.36. The highest BCUT2D eigenvalue weighted by molar-refractivity contribution is 6.26. The number of fused-ring (bicyclic) bond motifs is 1. The van der Waals surface area contributed by atoms with Crippen LogP contribution in [0.4, 0.5) is 0 Å². The smallest absolute Gasteiger partial charge is 0.352 e. The molecule has 3 aliphatic carbocycles. The van der Waals surface area contributed by atoms with Gasteiger partial charge in [-0.3, -0.25) is 9.59 Å². The van der Waals surface area contributed by atoms with Crippen LogP contribution in [0.3, 0.4) is 0 Å². The van der Waals surface area contributed by atoms with Gasteiger partial charge in [0.2, 0.25) is 0 Å². The number of carbonyl (C=O) groups is 2. The zero-order valence-electron chi connectivity index (χ0n) is 23.5. The van der Waals surface area contributed by atoms with Gasteiger partial charge in [0.05, 0.1) is 18.8 Å². The first-order valence-corrected chi connectivity index (χ1v) is 14.8. The molecule has 6 rings (SSSR count). The third-order valence-corrected chi connectivity index (χ3v) is 11.4. The van der Waals surface area contributed by atoms with Crippen LogP contribution in [0.15, 0.2) is 51.6 Å². The Bertz CT molecular complexity index is 1560. The maximum atomic E-state index is 13.7.